The van der Waals surface area contributed by atoms with E-state index >= 15 is 0 Å². The third kappa shape index (κ3) is 3.57. The van der Waals surface area contributed by atoms with Gasteiger partial charge in [-0.05, 0) is 25.0 Å². The van der Waals surface area contributed by atoms with E-state index in [9.17, 15) is 5.26 Å². The fraction of sp³-hybridized carbons (Fsp3) is 0.500. The number of aryl methyl sites for hydroxylation is 1. The molecule has 1 nitrogen and oxygen atoms in total. The largest absolute Gasteiger partial charge is 0.197 e. The first kappa shape index (κ1) is 13.1. The molecule has 0 aliphatic heterocycles. The van der Waals surface area contributed by atoms with Gasteiger partial charge in [-0.1, -0.05) is 44.4 Å². The van der Waals surface area contributed by atoms with E-state index in [1.54, 1.807) is 11.8 Å². The predicted octanol–water partition coefficient (Wildman–Crippen LogP) is 4.42. The number of hydrogen-bond donors (Lipinski definition) is 0. The highest BCUT2D eigenvalue weighted by atomic mass is 32.2. The van der Waals surface area contributed by atoms with Gasteiger partial charge < -0.3 is 0 Å². The smallest absolute Gasteiger partial charge is 0.0991 e. The highest BCUT2D eigenvalue weighted by molar-refractivity contribution is 8.00. The van der Waals surface area contributed by atoms with Gasteiger partial charge in [0.1, 0.15) is 0 Å². The molecule has 0 aliphatic carbocycles. The van der Waals surface area contributed by atoms with Crippen LogP contribution in [0.3, 0.4) is 0 Å². The lowest BCUT2D eigenvalue weighted by Crippen LogP contribution is -2.13. The first-order valence-corrected chi connectivity index (χ1v) is 6.72. The van der Waals surface area contributed by atoms with Gasteiger partial charge >= 0.3 is 0 Å². The number of nitrogens with zero attached hydrogens (tertiary/aromatic N) is 1. The van der Waals surface area contributed by atoms with E-state index in [-0.39, 0.29) is 5.25 Å². The third-order valence-electron chi connectivity index (χ3n) is 2.89. The summed E-state index contributed by atoms with van der Waals surface area (Å²) < 4.78 is 0. The molecule has 16 heavy (non-hydrogen) atoms. The van der Waals surface area contributed by atoms with Crippen molar-refractivity contribution in [2.75, 3.05) is 0 Å². The van der Waals surface area contributed by atoms with E-state index in [1.165, 1.54) is 10.5 Å². The summed E-state index contributed by atoms with van der Waals surface area (Å²) in [4.78, 5) is 1.20. The summed E-state index contributed by atoms with van der Waals surface area (Å²) in [6, 6.07) is 10.8. The first-order valence-electron chi connectivity index (χ1n) is 5.84. The molecule has 2 heteroatoms. The van der Waals surface area contributed by atoms with Crippen molar-refractivity contribution >= 4 is 11.8 Å². The van der Waals surface area contributed by atoms with Crippen LogP contribution in [-0.2, 0) is 0 Å². The predicted molar refractivity (Wildman–Crippen MR) is 70.5 cm³/mol. The van der Waals surface area contributed by atoms with Crippen LogP contribution in [0.2, 0.25) is 0 Å². The van der Waals surface area contributed by atoms with Crippen molar-refractivity contribution < 1.29 is 0 Å². The number of benzene rings is 1. The van der Waals surface area contributed by atoms with Gasteiger partial charge in [0, 0.05) is 4.90 Å². The third-order valence-corrected chi connectivity index (χ3v) is 4.18. The molecular formula is C14H19NS. The Morgan fingerprint density at radius 3 is 2.19 bits per heavy atom. The van der Waals surface area contributed by atoms with Gasteiger partial charge in [-0.2, -0.15) is 5.26 Å². The zero-order valence-electron chi connectivity index (χ0n) is 10.2. The highest BCUT2D eigenvalue weighted by Gasteiger charge is 2.18. The lowest BCUT2D eigenvalue weighted by molar-refractivity contribution is 0.514. The molecule has 1 unspecified atom stereocenters. The monoisotopic (exact) mass is 233 g/mol. The summed E-state index contributed by atoms with van der Waals surface area (Å²) in [6.07, 6.45) is 2.15. The molecule has 0 aliphatic rings. The second-order valence-corrected chi connectivity index (χ2v) is 5.27. The Balaban J connectivity index is 2.70. The summed E-state index contributed by atoms with van der Waals surface area (Å²) in [7, 11) is 0. The average molecular weight is 233 g/mol. The van der Waals surface area contributed by atoms with Crippen molar-refractivity contribution in [2.45, 2.75) is 43.8 Å². The number of hydrogen-bond acceptors (Lipinski definition) is 2. The second-order valence-electron chi connectivity index (χ2n) is 4.06. The number of rotatable bonds is 5. The molecule has 0 saturated heterocycles. The SMILES string of the molecule is CCC(CC)C(C#N)Sc1ccc(C)cc1. The van der Waals surface area contributed by atoms with Crippen LogP contribution in [0.4, 0.5) is 0 Å². The zero-order valence-corrected chi connectivity index (χ0v) is 11.1. The molecule has 0 fully saturated rings. The minimum absolute atomic E-state index is 0.0812. The van der Waals surface area contributed by atoms with E-state index in [0.717, 1.165) is 12.8 Å². The van der Waals surface area contributed by atoms with Crippen molar-refractivity contribution in [3.05, 3.63) is 29.8 Å². The molecule has 0 amide bonds. The van der Waals surface area contributed by atoms with Gasteiger partial charge in [-0.25, -0.2) is 0 Å². The molecule has 86 valence electrons. The Bertz CT molecular complexity index is 346. The first-order chi connectivity index (χ1) is 7.71. The molecule has 0 bridgehead atoms. The molecular weight excluding hydrogens is 214 g/mol. The van der Waals surface area contributed by atoms with Crippen molar-refractivity contribution in [3.63, 3.8) is 0 Å². The van der Waals surface area contributed by atoms with Crippen LogP contribution in [0.5, 0.6) is 0 Å². The van der Waals surface area contributed by atoms with Gasteiger partial charge in [0.05, 0.1) is 11.3 Å². The molecule has 0 aromatic heterocycles. The van der Waals surface area contributed by atoms with Crippen LogP contribution in [0, 0.1) is 24.2 Å². The molecule has 0 heterocycles. The molecule has 0 radical (unpaired) electrons. The lowest BCUT2D eigenvalue weighted by atomic mass is 10.0. The van der Waals surface area contributed by atoms with Gasteiger partial charge in [0.15, 0.2) is 0 Å². The van der Waals surface area contributed by atoms with Gasteiger partial charge in [-0.3, -0.25) is 0 Å². The van der Waals surface area contributed by atoms with Crippen LogP contribution in [-0.4, -0.2) is 5.25 Å². The Morgan fingerprint density at radius 2 is 1.75 bits per heavy atom. The minimum Gasteiger partial charge on any atom is -0.197 e. The van der Waals surface area contributed by atoms with E-state index < -0.39 is 0 Å². The molecule has 1 aromatic rings. The quantitative estimate of drug-likeness (QED) is 0.703. The van der Waals surface area contributed by atoms with E-state index in [4.69, 9.17) is 0 Å². The lowest BCUT2D eigenvalue weighted by Gasteiger charge is -2.18. The van der Waals surface area contributed by atoms with Gasteiger partial charge in [0.25, 0.3) is 0 Å². The highest BCUT2D eigenvalue weighted by Crippen LogP contribution is 2.31. The van der Waals surface area contributed by atoms with Gasteiger partial charge in [0.2, 0.25) is 0 Å². The maximum atomic E-state index is 9.20. The fourth-order valence-corrected chi connectivity index (χ4v) is 2.92. The van der Waals surface area contributed by atoms with E-state index in [0.29, 0.717) is 5.92 Å². The normalized spacial score (nSPS) is 12.4. The Labute approximate surface area is 103 Å². The van der Waals surface area contributed by atoms with Crippen LogP contribution >= 0.6 is 11.8 Å². The van der Waals surface area contributed by atoms with E-state index in [1.807, 2.05) is 0 Å². The molecule has 0 N–H and O–H groups in total. The Hall–Kier alpha value is -0.940. The molecule has 0 spiro atoms. The average Bonchev–Trinajstić information content (AvgIpc) is 2.32. The van der Waals surface area contributed by atoms with Crippen molar-refractivity contribution in [1.29, 1.82) is 5.26 Å². The van der Waals surface area contributed by atoms with Crippen LogP contribution in [0.1, 0.15) is 32.3 Å². The van der Waals surface area contributed by atoms with Crippen molar-refractivity contribution in [2.24, 2.45) is 5.92 Å². The second kappa shape index (κ2) is 6.60. The van der Waals surface area contributed by atoms with E-state index in [2.05, 4.69) is 51.1 Å². The van der Waals surface area contributed by atoms with Crippen LogP contribution in [0.15, 0.2) is 29.2 Å². The van der Waals surface area contributed by atoms with Crippen molar-refractivity contribution in [3.8, 4) is 6.07 Å². The van der Waals surface area contributed by atoms with Gasteiger partial charge in [-0.15, -0.1) is 11.8 Å². The summed E-state index contributed by atoms with van der Waals surface area (Å²) in [6.45, 7) is 6.40. The summed E-state index contributed by atoms with van der Waals surface area (Å²) in [5.41, 5.74) is 1.26. The minimum atomic E-state index is 0.0812. The Kier molecular flexibility index (Phi) is 5.42. The summed E-state index contributed by atoms with van der Waals surface area (Å²) in [5, 5.41) is 9.28. The molecule has 0 saturated carbocycles. The standard InChI is InChI=1S/C14H19NS/c1-4-12(5-2)14(10-15)16-13-8-6-11(3)7-9-13/h6-9,12,14H,4-5H2,1-3H3. The number of thioether (sulfide) groups is 1. The Morgan fingerprint density at radius 1 is 1.19 bits per heavy atom. The van der Waals surface area contributed by atoms with Crippen LogP contribution < -0.4 is 0 Å². The summed E-state index contributed by atoms with van der Waals surface area (Å²) in [5.74, 6) is 0.497. The summed E-state index contributed by atoms with van der Waals surface area (Å²) >= 11 is 1.69. The maximum Gasteiger partial charge on any atom is 0.0991 e. The maximum absolute atomic E-state index is 9.20. The zero-order chi connectivity index (χ0) is 12.0. The van der Waals surface area contributed by atoms with Crippen LogP contribution in [0.25, 0.3) is 0 Å². The molecule has 1 atom stereocenters. The molecule has 1 aromatic carbocycles. The number of nitriles is 1. The fourth-order valence-electron chi connectivity index (χ4n) is 1.71. The topological polar surface area (TPSA) is 23.8 Å². The molecule has 1 rings (SSSR count). The van der Waals surface area contributed by atoms with Crippen molar-refractivity contribution in [1.82, 2.24) is 0 Å².